The molecule has 0 saturated carbocycles. The van der Waals surface area contributed by atoms with E-state index in [2.05, 4.69) is 5.32 Å². The fraction of sp³-hybridized carbons (Fsp3) is 0.375. The van der Waals surface area contributed by atoms with Crippen LogP contribution in [0.5, 0.6) is 0 Å². The first kappa shape index (κ1) is 27.8. The van der Waals surface area contributed by atoms with Crippen LogP contribution < -0.4 is 10.2 Å². The van der Waals surface area contributed by atoms with Gasteiger partial charge in [0.25, 0.3) is 0 Å². The van der Waals surface area contributed by atoms with Crippen LogP contribution in [0.2, 0.25) is 0 Å². The smallest absolute Gasteiger partial charge is 0.475 e. The quantitative estimate of drug-likeness (QED) is 0.597. The normalized spacial score (nSPS) is 20.0. The lowest BCUT2D eigenvalue weighted by atomic mass is 9.92. The van der Waals surface area contributed by atoms with Crippen molar-refractivity contribution in [2.75, 3.05) is 38.1 Å². The van der Waals surface area contributed by atoms with E-state index in [0.29, 0.717) is 37.3 Å². The van der Waals surface area contributed by atoms with Crippen molar-refractivity contribution < 1.29 is 41.4 Å². The summed E-state index contributed by atoms with van der Waals surface area (Å²) >= 11 is 0. The van der Waals surface area contributed by atoms with Crippen molar-refractivity contribution in [1.29, 1.82) is 0 Å². The number of aliphatic carboxylic acids is 1. The molecule has 2 aliphatic heterocycles. The van der Waals surface area contributed by atoms with Gasteiger partial charge in [-0.2, -0.15) is 13.2 Å². The third-order valence-corrected chi connectivity index (χ3v) is 6.25. The topological polar surface area (TPSA) is 93.2 Å². The number of urea groups is 1. The number of carbonyl (C=O) groups is 3. The first-order valence-electron chi connectivity index (χ1n) is 11.2. The standard InChI is InChI=1S/C22H24F2N4O2.C2HF3O2/c1-26-13-20(29)28(19-7-3-6-18(24)11-19)15-22(26)8-9-27(14-22)21(30)25-12-16-4-2-5-17(23)10-16;3-2(4,5)1(6)7/h2-7,10-11H,8-9,12-15H2,1H3,(H,25,30);(H,6,7). The van der Waals surface area contributed by atoms with Gasteiger partial charge in [-0.25, -0.2) is 18.4 Å². The van der Waals surface area contributed by atoms with Crippen molar-refractivity contribution >= 4 is 23.6 Å². The molecule has 0 aromatic heterocycles. The van der Waals surface area contributed by atoms with Crippen molar-refractivity contribution in [3.8, 4) is 0 Å². The second kappa shape index (κ2) is 11.1. The summed E-state index contributed by atoms with van der Waals surface area (Å²) in [6.07, 6.45) is -4.38. The maximum absolute atomic E-state index is 13.7. The number of piperazine rings is 1. The number of carboxylic acid groups (broad SMARTS) is 1. The minimum atomic E-state index is -5.08. The van der Waals surface area contributed by atoms with Gasteiger partial charge in [-0.1, -0.05) is 18.2 Å². The fourth-order valence-electron chi connectivity index (χ4n) is 4.25. The van der Waals surface area contributed by atoms with Crippen LogP contribution in [0.4, 0.5) is 32.4 Å². The number of carbonyl (C=O) groups excluding carboxylic acids is 2. The molecule has 0 bridgehead atoms. The fourth-order valence-corrected chi connectivity index (χ4v) is 4.25. The van der Waals surface area contributed by atoms with Crippen molar-refractivity contribution in [1.82, 2.24) is 15.1 Å². The van der Waals surface area contributed by atoms with E-state index >= 15 is 0 Å². The van der Waals surface area contributed by atoms with Gasteiger partial charge in [0, 0.05) is 31.9 Å². The number of likely N-dealkylation sites (tertiary alicyclic amines) is 1. The third-order valence-electron chi connectivity index (χ3n) is 6.25. The van der Waals surface area contributed by atoms with Crippen LogP contribution in [0, 0.1) is 11.6 Å². The summed E-state index contributed by atoms with van der Waals surface area (Å²) in [7, 11) is 1.88. The maximum Gasteiger partial charge on any atom is 0.490 e. The summed E-state index contributed by atoms with van der Waals surface area (Å²) in [5.41, 5.74) is 0.826. The molecule has 3 amide bonds. The van der Waals surface area contributed by atoms with Gasteiger partial charge in [0.15, 0.2) is 0 Å². The molecular formula is C24H25F5N4O4. The average molecular weight is 528 g/mol. The lowest BCUT2D eigenvalue weighted by Gasteiger charge is -2.46. The molecule has 0 aliphatic carbocycles. The number of carboxylic acids is 1. The van der Waals surface area contributed by atoms with E-state index in [-0.39, 0.29) is 30.8 Å². The van der Waals surface area contributed by atoms with Gasteiger partial charge in [-0.15, -0.1) is 0 Å². The molecule has 0 radical (unpaired) electrons. The molecule has 1 atom stereocenters. The Morgan fingerprint density at radius 1 is 1.05 bits per heavy atom. The number of benzene rings is 2. The molecule has 37 heavy (non-hydrogen) atoms. The molecule has 2 N–H and O–H groups in total. The molecule has 4 rings (SSSR count). The first-order valence-corrected chi connectivity index (χ1v) is 11.2. The number of nitrogens with one attached hydrogen (secondary N) is 1. The number of hydrogen-bond acceptors (Lipinski definition) is 4. The minimum absolute atomic E-state index is 0.0947. The van der Waals surface area contributed by atoms with Crippen molar-refractivity contribution in [2.45, 2.75) is 24.7 Å². The minimum Gasteiger partial charge on any atom is -0.475 e. The number of anilines is 1. The Labute approximate surface area is 209 Å². The van der Waals surface area contributed by atoms with E-state index in [4.69, 9.17) is 9.90 Å². The van der Waals surface area contributed by atoms with Crippen LogP contribution in [0.25, 0.3) is 0 Å². The monoisotopic (exact) mass is 528 g/mol. The van der Waals surface area contributed by atoms with Crippen LogP contribution in [-0.4, -0.2) is 77.8 Å². The predicted molar refractivity (Wildman–Crippen MR) is 123 cm³/mol. The summed E-state index contributed by atoms with van der Waals surface area (Å²) in [5, 5.41) is 9.96. The molecular weight excluding hydrogens is 503 g/mol. The molecule has 2 heterocycles. The number of alkyl halides is 3. The summed E-state index contributed by atoms with van der Waals surface area (Å²) in [6, 6.07) is 11.9. The number of likely N-dealkylation sites (N-methyl/N-ethyl adjacent to an activating group) is 1. The number of rotatable bonds is 3. The van der Waals surface area contributed by atoms with Crippen molar-refractivity contribution in [2.24, 2.45) is 0 Å². The van der Waals surface area contributed by atoms with E-state index in [1.807, 2.05) is 11.9 Å². The molecule has 2 fully saturated rings. The van der Waals surface area contributed by atoms with E-state index in [0.717, 1.165) is 0 Å². The highest BCUT2D eigenvalue weighted by Gasteiger charge is 2.48. The highest BCUT2D eigenvalue weighted by Crippen LogP contribution is 2.33. The summed E-state index contributed by atoms with van der Waals surface area (Å²) in [5.74, 6) is -3.58. The molecule has 2 aliphatic rings. The molecule has 1 spiro atoms. The number of hydrogen-bond donors (Lipinski definition) is 2. The molecule has 2 aromatic rings. The highest BCUT2D eigenvalue weighted by molar-refractivity contribution is 5.96. The van der Waals surface area contributed by atoms with Crippen LogP contribution in [0.1, 0.15) is 12.0 Å². The van der Waals surface area contributed by atoms with Crippen LogP contribution >= 0.6 is 0 Å². The second-order valence-corrected chi connectivity index (χ2v) is 8.80. The number of amides is 3. The molecule has 13 heteroatoms. The first-order chi connectivity index (χ1) is 17.3. The highest BCUT2D eigenvalue weighted by atomic mass is 19.4. The molecule has 1 unspecified atom stereocenters. The van der Waals surface area contributed by atoms with Gasteiger partial charge in [0.1, 0.15) is 11.6 Å². The van der Waals surface area contributed by atoms with Gasteiger partial charge < -0.3 is 20.2 Å². The van der Waals surface area contributed by atoms with E-state index < -0.39 is 23.5 Å². The second-order valence-electron chi connectivity index (χ2n) is 8.80. The van der Waals surface area contributed by atoms with Gasteiger partial charge in [0.2, 0.25) is 5.91 Å². The Bertz CT molecular complexity index is 1160. The zero-order valence-corrected chi connectivity index (χ0v) is 19.8. The van der Waals surface area contributed by atoms with Crippen molar-refractivity contribution in [3.63, 3.8) is 0 Å². The van der Waals surface area contributed by atoms with E-state index in [9.17, 15) is 31.5 Å². The van der Waals surface area contributed by atoms with E-state index in [1.165, 1.54) is 24.3 Å². The number of halogens is 5. The van der Waals surface area contributed by atoms with Crippen molar-refractivity contribution in [3.05, 3.63) is 65.7 Å². The molecule has 200 valence electrons. The van der Waals surface area contributed by atoms with Crippen LogP contribution in [-0.2, 0) is 16.1 Å². The summed E-state index contributed by atoms with van der Waals surface area (Å²) in [4.78, 5) is 39.5. The van der Waals surface area contributed by atoms with Gasteiger partial charge in [-0.3, -0.25) is 9.69 Å². The van der Waals surface area contributed by atoms with E-state index in [1.54, 1.807) is 34.1 Å². The lowest BCUT2D eigenvalue weighted by molar-refractivity contribution is -0.192. The molecule has 2 aromatic carbocycles. The Balaban J connectivity index is 0.000000479. The SMILES string of the molecule is CN1CC(=O)N(c2cccc(F)c2)CC12CCN(C(=O)NCc1cccc(F)c1)C2.O=C(O)C(F)(F)F. The molecule has 8 nitrogen and oxygen atoms in total. The average Bonchev–Trinajstić information content (AvgIpc) is 3.25. The van der Waals surface area contributed by atoms with Crippen LogP contribution in [0.3, 0.4) is 0 Å². The Kier molecular flexibility index (Phi) is 8.36. The van der Waals surface area contributed by atoms with Crippen LogP contribution in [0.15, 0.2) is 48.5 Å². The summed E-state index contributed by atoms with van der Waals surface area (Å²) in [6.45, 7) is 1.83. The zero-order valence-electron chi connectivity index (χ0n) is 19.8. The lowest BCUT2D eigenvalue weighted by Crippen LogP contribution is -2.64. The largest absolute Gasteiger partial charge is 0.490 e. The Morgan fingerprint density at radius 3 is 2.27 bits per heavy atom. The Hall–Kier alpha value is -3.74. The van der Waals surface area contributed by atoms with Gasteiger partial charge >= 0.3 is 18.2 Å². The van der Waals surface area contributed by atoms with Gasteiger partial charge in [0.05, 0.1) is 12.1 Å². The molecule has 2 saturated heterocycles. The van der Waals surface area contributed by atoms with Gasteiger partial charge in [-0.05, 0) is 49.4 Å². The predicted octanol–water partition coefficient (Wildman–Crippen LogP) is 3.23. The zero-order chi connectivity index (χ0) is 27.4. The Morgan fingerprint density at radius 2 is 1.68 bits per heavy atom. The summed E-state index contributed by atoms with van der Waals surface area (Å²) < 4.78 is 58.7. The third kappa shape index (κ3) is 6.94. The maximum atomic E-state index is 13.7. The number of nitrogens with zero attached hydrogens (tertiary/aromatic N) is 3.